The molecule has 1 amide bonds. The van der Waals surface area contributed by atoms with Crippen LogP contribution in [0.3, 0.4) is 0 Å². The summed E-state index contributed by atoms with van der Waals surface area (Å²) in [7, 11) is -3.57. The number of hydrogen-bond acceptors (Lipinski definition) is 5. The standard InChI is InChI=1S/C21H33N3O3S2/c1-17-8-12-22(13-9-17)15-18-5-2-10-23(16-18)21(25)19-6-3-11-24(19)29(26,27)20-7-4-14-28-20/h4,7,14,17-19H,2-3,5-6,8-13,15-16H2,1H3. The molecule has 0 saturated carbocycles. The molecule has 0 spiro atoms. The molecule has 3 saturated heterocycles. The zero-order valence-corrected chi connectivity index (χ0v) is 19.0. The maximum absolute atomic E-state index is 13.3. The molecule has 2 unspecified atom stereocenters. The molecule has 162 valence electrons. The van der Waals surface area contributed by atoms with Crippen molar-refractivity contribution >= 4 is 27.3 Å². The minimum absolute atomic E-state index is 0.0135. The minimum Gasteiger partial charge on any atom is -0.341 e. The first-order valence-corrected chi connectivity index (χ1v) is 13.3. The number of carbonyl (C=O) groups is 1. The van der Waals surface area contributed by atoms with Gasteiger partial charge in [-0.2, -0.15) is 4.31 Å². The van der Waals surface area contributed by atoms with E-state index >= 15 is 0 Å². The van der Waals surface area contributed by atoms with Gasteiger partial charge in [0.1, 0.15) is 10.3 Å². The van der Waals surface area contributed by atoms with Crippen LogP contribution in [-0.2, 0) is 14.8 Å². The van der Waals surface area contributed by atoms with Crippen LogP contribution in [-0.4, -0.2) is 73.7 Å². The van der Waals surface area contributed by atoms with Crippen LogP contribution in [0, 0.1) is 11.8 Å². The van der Waals surface area contributed by atoms with Crippen LogP contribution in [0.15, 0.2) is 21.7 Å². The number of piperidine rings is 2. The van der Waals surface area contributed by atoms with Crippen molar-refractivity contribution in [2.24, 2.45) is 11.8 Å². The number of sulfonamides is 1. The van der Waals surface area contributed by atoms with Gasteiger partial charge in [0.25, 0.3) is 10.0 Å². The van der Waals surface area contributed by atoms with Gasteiger partial charge in [-0.25, -0.2) is 8.42 Å². The summed E-state index contributed by atoms with van der Waals surface area (Å²) in [5.74, 6) is 1.35. The third-order valence-corrected chi connectivity index (χ3v) is 10.1. The molecule has 1 aromatic rings. The van der Waals surface area contributed by atoms with Crippen molar-refractivity contribution in [3.8, 4) is 0 Å². The summed E-state index contributed by atoms with van der Waals surface area (Å²) in [6, 6.07) is 2.86. The van der Waals surface area contributed by atoms with Crippen LogP contribution < -0.4 is 0 Å². The molecule has 0 N–H and O–H groups in total. The van der Waals surface area contributed by atoms with Gasteiger partial charge in [-0.15, -0.1) is 11.3 Å². The fourth-order valence-corrected chi connectivity index (χ4v) is 7.81. The highest BCUT2D eigenvalue weighted by Gasteiger charge is 2.42. The van der Waals surface area contributed by atoms with E-state index in [1.165, 1.54) is 41.6 Å². The van der Waals surface area contributed by atoms with Gasteiger partial charge in [-0.05, 0) is 74.9 Å². The number of likely N-dealkylation sites (tertiary alicyclic amines) is 2. The monoisotopic (exact) mass is 439 g/mol. The second-order valence-electron chi connectivity index (χ2n) is 8.98. The predicted octanol–water partition coefficient (Wildman–Crippen LogP) is 2.87. The highest BCUT2D eigenvalue weighted by Crippen LogP contribution is 2.30. The molecule has 0 radical (unpaired) electrons. The van der Waals surface area contributed by atoms with E-state index in [0.29, 0.717) is 23.1 Å². The van der Waals surface area contributed by atoms with Crippen LogP contribution >= 0.6 is 11.3 Å². The number of carbonyl (C=O) groups excluding carboxylic acids is 1. The second kappa shape index (κ2) is 9.04. The lowest BCUT2D eigenvalue weighted by molar-refractivity contribution is -0.136. The first-order valence-electron chi connectivity index (χ1n) is 11.0. The third-order valence-electron chi connectivity index (χ3n) is 6.77. The quantitative estimate of drug-likeness (QED) is 0.708. The molecule has 0 aromatic carbocycles. The SMILES string of the molecule is CC1CCN(CC2CCCN(C(=O)C3CCCN3S(=O)(=O)c3cccs3)C2)CC1. The second-order valence-corrected chi connectivity index (χ2v) is 12.0. The largest absolute Gasteiger partial charge is 0.341 e. The van der Waals surface area contributed by atoms with Crippen molar-refractivity contribution in [2.45, 2.75) is 55.7 Å². The lowest BCUT2D eigenvalue weighted by Crippen LogP contribution is -2.51. The van der Waals surface area contributed by atoms with Crippen LogP contribution in [0.5, 0.6) is 0 Å². The Bertz CT molecular complexity index is 788. The average Bonchev–Trinajstić information content (AvgIpc) is 3.42. The average molecular weight is 440 g/mol. The van der Waals surface area contributed by atoms with Crippen molar-refractivity contribution in [3.05, 3.63) is 17.5 Å². The van der Waals surface area contributed by atoms with Crippen molar-refractivity contribution in [3.63, 3.8) is 0 Å². The minimum atomic E-state index is -3.57. The van der Waals surface area contributed by atoms with E-state index in [9.17, 15) is 13.2 Å². The van der Waals surface area contributed by atoms with Gasteiger partial charge in [-0.3, -0.25) is 4.79 Å². The number of nitrogens with zero attached hydrogens (tertiary/aromatic N) is 3. The van der Waals surface area contributed by atoms with Crippen LogP contribution in [0.4, 0.5) is 0 Å². The molecule has 3 aliphatic rings. The summed E-state index contributed by atoms with van der Waals surface area (Å²) in [5, 5.41) is 1.77. The first-order chi connectivity index (χ1) is 13.9. The van der Waals surface area contributed by atoms with Crippen molar-refractivity contribution in [1.82, 2.24) is 14.1 Å². The van der Waals surface area contributed by atoms with Gasteiger partial charge < -0.3 is 9.80 Å². The fraction of sp³-hybridized carbons (Fsp3) is 0.762. The topological polar surface area (TPSA) is 60.9 Å². The molecule has 4 heterocycles. The Morgan fingerprint density at radius 3 is 2.59 bits per heavy atom. The van der Waals surface area contributed by atoms with E-state index in [4.69, 9.17) is 0 Å². The van der Waals surface area contributed by atoms with Gasteiger partial charge >= 0.3 is 0 Å². The van der Waals surface area contributed by atoms with E-state index in [1.54, 1.807) is 17.5 Å². The summed E-state index contributed by atoms with van der Waals surface area (Å²) < 4.78 is 27.8. The molecule has 29 heavy (non-hydrogen) atoms. The molecule has 1 aromatic heterocycles. The molecule has 0 aliphatic carbocycles. The Kier molecular flexibility index (Phi) is 6.63. The molecular weight excluding hydrogens is 406 g/mol. The molecule has 4 rings (SSSR count). The maximum Gasteiger partial charge on any atom is 0.253 e. The summed E-state index contributed by atoms with van der Waals surface area (Å²) in [4.78, 5) is 17.8. The summed E-state index contributed by atoms with van der Waals surface area (Å²) in [6.45, 7) is 7.71. The lowest BCUT2D eigenvalue weighted by atomic mass is 9.94. The Morgan fingerprint density at radius 2 is 1.86 bits per heavy atom. The van der Waals surface area contributed by atoms with E-state index in [2.05, 4.69) is 11.8 Å². The Morgan fingerprint density at radius 1 is 1.10 bits per heavy atom. The van der Waals surface area contributed by atoms with Gasteiger partial charge in [-0.1, -0.05) is 13.0 Å². The molecule has 0 bridgehead atoms. The van der Waals surface area contributed by atoms with Crippen molar-refractivity contribution in [2.75, 3.05) is 39.3 Å². The molecule has 3 fully saturated rings. The first kappa shape index (κ1) is 21.3. The van der Waals surface area contributed by atoms with Crippen molar-refractivity contribution < 1.29 is 13.2 Å². The summed E-state index contributed by atoms with van der Waals surface area (Å²) in [5.41, 5.74) is 0. The predicted molar refractivity (Wildman–Crippen MR) is 115 cm³/mol. The summed E-state index contributed by atoms with van der Waals surface area (Å²) in [6.07, 6.45) is 6.11. The number of amides is 1. The fourth-order valence-electron chi connectivity index (χ4n) is 5.04. The van der Waals surface area contributed by atoms with Crippen molar-refractivity contribution in [1.29, 1.82) is 0 Å². The molecule has 8 heteroatoms. The van der Waals surface area contributed by atoms with Gasteiger partial charge in [0.05, 0.1) is 0 Å². The van der Waals surface area contributed by atoms with Gasteiger partial charge in [0.15, 0.2) is 0 Å². The smallest absolute Gasteiger partial charge is 0.253 e. The molecular formula is C21H33N3O3S2. The number of hydrogen-bond donors (Lipinski definition) is 0. The molecule has 3 aliphatic heterocycles. The molecule has 6 nitrogen and oxygen atoms in total. The zero-order valence-electron chi connectivity index (χ0n) is 17.3. The molecule has 2 atom stereocenters. The van der Waals surface area contributed by atoms with E-state index in [0.717, 1.165) is 44.8 Å². The van der Waals surface area contributed by atoms with Crippen LogP contribution in [0.1, 0.15) is 45.4 Å². The third kappa shape index (κ3) is 4.70. The van der Waals surface area contributed by atoms with E-state index in [-0.39, 0.29) is 5.91 Å². The van der Waals surface area contributed by atoms with Crippen LogP contribution in [0.2, 0.25) is 0 Å². The lowest BCUT2D eigenvalue weighted by Gasteiger charge is -2.39. The van der Waals surface area contributed by atoms with Gasteiger partial charge in [0, 0.05) is 26.2 Å². The Hall–Kier alpha value is -0.960. The maximum atomic E-state index is 13.3. The number of rotatable bonds is 5. The highest BCUT2D eigenvalue weighted by molar-refractivity contribution is 7.91. The zero-order chi connectivity index (χ0) is 20.4. The Labute approximate surface area is 178 Å². The summed E-state index contributed by atoms with van der Waals surface area (Å²) >= 11 is 1.23. The van der Waals surface area contributed by atoms with E-state index < -0.39 is 16.1 Å². The number of thiophene rings is 1. The normalized spacial score (nSPS) is 28.1. The Balaban J connectivity index is 1.39. The highest BCUT2D eigenvalue weighted by atomic mass is 32.2. The van der Waals surface area contributed by atoms with Gasteiger partial charge in [0.2, 0.25) is 5.91 Å². The van der Waals surface area contributed by atoms with E-state index in [1.807, 2.05) is 4.90 Å². The van der Waals surface area contributed by atoms with Crippen LogP contribution in [0.25, 0.3) is 0 Å².